The lowest BCUT2D eigenvalue weighted by molar-refractivity contribution is -0.137. The Labute approximate surface area is 240 Å². The Bertz CT molecular complexity index is 1550. The number of fused-ring (bicyclic) bond motifs is 1. The van der Waals surface area contributed by atoms with Crippen LogP contribution in [0.4, 0.5) is 24.5 Å². The van der Waals surface area contributed by atoms with Crippen molar-refractivity contribution in [1.82, 2.24) is 9.80 Å². The summed E-state index contributed by atoms with van der Waals surface area (Å²) in [5.41, 5.74) is 6.15. The van der Waals surface area contributed by atoms with Crippen LogP contribution < -0.4 is 15.8 Å². The van der Waals surface area contributed by atoms with Gasteiger partial charge < -0.3 is 25.1 Å². The fourth-order valence-electron chi connectivity index (χ4n) is 4.98. The lowest BCUT2D eigenvalue weighted by Crippen LogP contribution is -2.45. The van der Waals surface area contributed by atoms with Crippen molar-refractivity contribution in [3.63, 3.8) is 0 Å². The van der Waals surface area contributed by atoms with E-state index in [2.05, 4.69) is 5.32 Å². The van der Waals surface area contributed by atoms with E-state index in [0.717, 1.165) is 32.4 Å². The molecule has 4 aromatic rings. The summed E-state index contributed by atoms with van der Waals surface area (Å²) in [6, 6.07) is 19.1. The van der Waals surface area contributed by atoms with Crippen molar-refractivity contribution >= 4 is 34.2 Å². The van der Waals surface area contributed by atoms with Gasteiger partial charge >= 0.3 is 6.18 Å². The number of benzene rings is 3. The molecule has 3 aromatic carbocycles. The normalized spacial score (nSPS) is 14.1. The second-order valence-corrected chi connectivity index (χ2v) is 10.1. The number of carbonyl (C=O) groups is 2. The van der Waals surface area contributed by atoms with Gasteiger partial charge in [0.05, 0.1) is 24.6 Å². The van der Waals surface area contributed by atoms with Crippen LogP contribution in [-0.2, 0) is 6.18 Å². The van der Waals surface area contributed by atoms with Gasteiger partial charge in [0, 0.05) is 10.9 Å². The molecule has 5 rings (SSSR count). The first-order valence-corrected chi connectivity index (χ1v) is 13.7. The van der Waals surface area contributed by atoms with Gasteiger partial charge in [-0.05, 0) is 68.4 Å². The van der Waals surface area contributed by atoms with E-state index in [0.29, 0.717) is 22.7 Å². The van der Waals surface area contributed by atoms with E-state index in [1.165, 1.54) is 23.1 Å². The summed E-state index contributed by atoms with van der Waals surface area (Å²) in [7, 11) is 0. The van der Waals surface area contributed by atoms with E-state index in [1.807, 2.05) is 4.90 Å². The molecular weight excluding hydrogens is 549 g/mol. The Morgan fingerprint density at radius 1 is 0.952 bits per heavy atom. The average molecular weight is 581 g/mol. The molecule has 42 heavy (non-hydrogen) atoms. The Hall–Kier alpha value is -4.51. The number of furan rings is 1. The van der Waals surface area contributed by atoms with Crippen LogP contribution in [0, 0.1) is 0 Å². The first-order valence-electron chi connectivity index (χ1n) is 13.7. The zero-order chi connectivity index (χ0) is 29.7. The Morgan fingerprint density at radius 3 is 2.36 bits per heavy atom. The molecular formula is C31H31F3N4O4. The van der Waals surface area contributed by atoms with Gasteiger partial charge in [-0.1, -0.05) is 36.8 Å². The van der Waals surface area contributed by atoms with Gasteiger partial charge in [-0.25, -0.2) is 0 Å². The van der Waals surface area contributed by atoms with E-state index < -0.39 is 23.4 Å². The number of anilines is 2. The summed E-state index contributed by atoms with van der Waals surface area (Å²) in [5.74, 6) is -1.48. The van der Waals surface area contributed by atoms with Crippen molar-refractivity contribution in [1.29, 1.82) is 0 Å². The Morgan fingerprint density at radius 2 is 1.64 bits per heavy atom. The molecule has 0 aliphatic carbocycles. The largest absolute Gasteiger partial charge is 0.492 e. The molecule has 8 nitrogen and oxygen atoms in total. The molecule has 0 atom stereocenters. The smallest absolute Gasteiger partial charge is 0.420 e. The Kier molecular flexibility index (Phi) is 8.67. The highest BCUT2D eigenvalue weighted by Crippen LogP contribution is 2.40. The fourth-order valence-corrected chi connectivity index (χ4v) is 4.98. The summed E-state index contributed by atoms with van der Waals surface area (Å²) in [5, 5.41) is 2.60. The van der Waals surface area contributed by atoms with Crippen LogP contribution in [0.1, 0.15) is 45.7 Å². The molecule has 220 valence electrons. The molecule has 0 unspecified atom stereocenters. The van der Waals surface area contributed by atoms with Gasteiger partial charge in [0.1, 0.15) is 23.5 Å². The molecule has 2 heterocycles. The van der Waals surface area contributed by atoms with Crippen molar-refractivity contribution < 1.29 is 31.9 Å². The number of likely N-dealkylation sites (tertiary alicyclic amines) is 1. The van der Waals surface area contributed by atoms with Crippen molar-refractivity contribution in [2.24, 2.45) is 0 Å². The highest BCUT2D eigenvalue weighted by molar-refractivity contribution is 6.05. The summed E-state index contributed by atoms with van der Waals surface area (Å²) in [6.45, 7) is 1.69. The number of nitrogens with one attached hydrogen (secondary N) is 1. The maximum absolute atomic E-state index is 14.1. The Balaban J connectivity index is 1.29. The van der Waals surface area contributed by atoms with E-state index in [9.17, 15) is 22.8 Å². The zero-order valence-corrected chi connectivity index (χ0v) is 22.8. The number of alkyl halides is 3. The predicted octanol–water partition coefficient (Wildman–Crippen LogP) is 6.25. The number of nitrogen functional groups attached to an aromatic ring is 1. The molecule has 1 aliphatic heterocycles. The molecule has 0 bridgehead atoms. The number of ether oxygens (including phenoxy) is 1. The highest BCUT2D eigenvalue weighted by Gasteiger charge is 2.42. The molecule has 1 aromatic heterocycles. The topological polar surface area (TPSA) is 101 Å². The number of piperidine rings is 1. The van der Waals surface area contributed by atoms with Gasteiger partial charge in [-0.15, -0.1) is 0 Å². The quantitative estimate of drug-likeness (QED) is 0.227. The van der Waals surface area contributed by atoms with E-state index >= 15 is 0 Å². The molecule has 11 heteroatoms. The van der Waals surface area contributed by atoms with Gasteiger partial charge in [0.25, 0.3) is 11.8 Å². The third-order valence-corrected chi connectivity index (χ3v) is 7.14. The number of para-hydroxylation sites is 3. The minimum atomic E-state index is -4.77. The van der Waals surface area contributed by atoms with E-state index in [4.69, 9.17) is 14.9 Å². The van der Waals surface area contributed by atoms with Crippen LogP contribution in [-0.4, -0.2) is 54.5 Å². The number of amides is 2. The van der Waals surface area contributed by atoms with E-state index in [1.54, 1.807) is 54.6 Å². The number of nitrogens with zero attached hydrogens (tertiary/aromatic N) is 2. The SMILES string of the molecule is Nc1ccccc1NC(=O)c1ccc(OCCN(CN2CCCCC2)C(=O)c2oc3ccccc3c2C(F)(F)F)cc1. The summed E-state index contributed by atoms with van der Waals surface area (Å²) in [6.07, 6.45) is -1.80. The standard InChI is InChI=1S/C31H31F3N4O4/c32-31(33,34)27-23-8-2-5-11-26(23)42-28(27)30(40)38(20-37-16-6-1-7-17-37)18-19-41-22-14-12-21(13-15-22)29(39)36-25-10-4-3-9-24(25)35/h2-5,8-15H,1,6-7,16-20,35H2,(H,36,39). The van der Waals surface area contributed by atoms with E-state index in [-0.39, 0.29) is 36.7 Å². The minimum absolute atomic E-state index is 0.00132. The summed E-state index contributed by atoms with van der Waals surface area (Å²) in [4.78, 5) is 29.6. The fraction of sp³-hybridized carbons (Fsp3) is 0.290. The van der Waals surface area contributed by atoms with Crippen LogP contribution in [0.5, 0.6) is 5.75 Å². The lowest BCUT2D eigenvalue weighted by Gasteiger charge is -2.32. The molecule has 3 N–H and O–H groups in total. The third-order valence-electron chi connectivity index (χ3n) is 7.14. The van der Waals surface area contributed by atoms with Gasteiger partial charge in [0.2, 0.25) is 5.76 Å². The molecule has 0 radical (unpaired) electrons. The third kappa shape index (κ3) is 6.68. The number of carbonyl (C=O) groups excluding carboxylic acids is 2. The molecule has 0 saturated carbocycles. The molecule has 0 spiro atoms. The van der Waals surface area contributed by atoms with Crippen molar-refractivity contribution in [3.8, 4) is 5.75 Å². The average Bonchev–Trinajstić information content (AvgIpc) is 3.39. The number of hydrogen-bond donors (Lipinski definition) is 2. The molecule has 1 saturated heterocycles. The number of nitrogens with two attached hydrogens (primary N) is 1. The monoisotopic (exact) mass is 580 g/mol. The van der Waals surface area contributed by atoms with Crippen molar-refractivity contribution in [2.45, 2.75) is 25.4 Å². The summed E-state index contributed by atoms with van der Waals surface area (Å²) < 4.78 is 53.6. The number of rotatable bonds is 9. The second-order valence-electron chi connectivity index (χ2n) is 10.1. The summed E-state index contributed by atoms with van der Waals surface area (Å²) >= 11 is 0. The molecule has 2 amide bonds. The molecule has 1 fully saturated rings. The van der Waals surface area contributed by atoms with Crippen LogP contribution >= 0.6 is 0 Å². The first kappa shape index (κ1) is 29.0. The lowest BCUT2D eigenvalue weighted by atomic mass is 10.1. The first-order chi connectivity index (χ1) is 20.2. The zero-order valence-electron chi connectivity index (χ0n) is 22.8. The maximum Gasteiger partial charge on any atom is 0.420 e. The van der Waals surface area contributed by atoms with Crippen LogP contribution in [0.3, 0.4) is 0 Å². The van der Waals surface area contributed by atoms with Crippen molar-refractivity contribution in [2.75, 3.05) is 44.0 Å². The van der Waals surface area contributed by atoms with Crippen LogP contribution in [0.25, 0.3) is 11.0 Å². The minimum Gasteiger partial charge on any atom is -0.492 e. The number of halogens is 3. The van der Waals surface area contributed by atoms with Crippen molar-refractivity contribution in [3.05, 3.63) is 89.7 Å². The van der Waals surface area contributed by atoms with Crippen LogP contribution in [0.15, 0.2) is 77.2 Å². The van der Waals surface area contributed by atoms with Gasteiger partial charge in [-0.3, -0.25) is 14.5 Å². The number of hydrogen-bond acceptors (Lipinski definition) is 6. The van der Waals surface area contributed by atoms with Gasteiger partial charge in [0.15, 0.2) is 0 Å². The predicted molar refractivity (Wildman–Crippen MR) is 153 cm³/mol. The second kappa shape index (κ2) is 12.6. The van der Waals surface area contributed by atoms with Gasteiger partial charge in [-0.2, -0.15) is 13.2 Å². The maximum atomic E-state index is 14.1. The molecule has 1 aliphatic rings. The highest BCUT2D eigenvalue weighted by atomic mass is 19.4. The van der Waals surface area contributed by atoms with Crippen LogP contribution in [0.2, 0.25) is 0 Å².